The summed E-state index contributed by atoms with van der Waals surface area (Å²) < 4.78 is 5.82. The molecule has 0 bridgehead atoms. The Hall–Kier alpha value is -3.06. The Balaban J connectivity index is 1.59. The third kappa shape index (κ3) is 5.72. The van der Waals surface area contributed by atoms with Gasteiger partial charge in [0.2, 0.25) is 0 Å². The van der Waals surface area contributed by atoms with Gasteiger partial charge < -0.3 is 10.1 Å². The first-order valence-electron chi connectivity index (χ1n) is 9.85. The van der Waals surface area contributed by atoms with Crippen molar-refractivity contribution in [3.8, 4) is 11.8 Å². The van der Waals surface area contributed by atoms with Crippen LogP contribution in [0.3, 0.4) is 0 Å². The lowest BCUT2D eigenvalue weighted by Crippen LogP contribution is -2.36. The highest BCUT2D eigenvalue weighted by molar-refractivity contribution is 6.01. The van der Waals surface area contributed by atoms with Gasteiger partial charge in [0.25, 0.3) is 5.91 Å². The third-order valence-corrected chi connectivity index (χ3v) is 4.98. The van der Waals surface area contributed by atoms with Crippen LogP contribution in [0.2, 0.25) is 0 Å². The third-order valence-electron chi connectivity index (χ3n) is 4.98. The van der Waals surface area contributed by atoms with Crippen LogP contribution in [-0.4, -0.2) is 11.9 Å². The van der Waals surface area contributed by atoms with Gasteiger partial charge in [0.05, 0.1) is 0 Å². The summed E-state index contributed by atoms with van der Waals surface area (Å²) in [6, 6.07) is 17.9. The molecular weight excluding hydrogens is 348 g/mol. The molecule has 4 heteroatoms. The van der Waals surface area contributed by atoms with Crippen molar-refractivity contribution < 1.29 is 9.53 Å². The van der Waals surface area contributed by atoms with Crippen LogP contribution < -0.4 is 10.1 Å². The van der Waals surface area contributed by atoms with Crippen LogP contribution in [0.15, 0.2) is 54.1 Å². The Morgan fingerprint density at radius 1 is 1.18 bits per heavy atom. The maximum absolute atomic E-state index is 12.4. The van der Waals surface area contributed by atoms with Gasteiger partial charge in [0.1, 0.15) is 24.0 Å². The van der Waals surface area contributed by atoms with Gasteiger partial charge in [-0.3, -0.25) is 4.79 Å². The van der Waals surface area contributed by atoms with Crippen molar-refractivity contribution in [2.45, 2.75) is 51.7 Å². The number of nitrogens with one attached hydrogen (secondary N) is 1. The molecule has 0 unspecified atom stereocenters. The van der Waals surface area contributed by atoms with Crippen molar-refractivity contribution >= 4 is 12.0 Å². The highest BCUT2D eigenvalue weighted by atomic mass is 16.5. The molecule has 0 spiro atoms. The van der Waals surface area contributed by atoms with E-state index in [0.717, 1.165) is 42.6 Å². The lowest BCUT2D eigenvalue weighted by atomic mass is 9.95. The van der Waals surface area contributed by atoms with E-state index in [0.29, 0.717) is 6.61 Å². The molecule has 144 valence electrons. The summed E-state index contributed by atoms with van der Waals surface area (Å²) in [7, 11) is 0. The SMILES string of the molecule is Cc1cccc(COc2ccc(/C=C(\C#N)C(=O)NC3CCCCC3)cc2)c1. The first-order chi connectivity index (χ1) is 13.6. The fraction of sp³-hybridized carbons (Fsp3) is 0.333. The Morgan fingerprint density at radius 2 is 1.93 bits per heavy atom. The molecule has 2 aromatic rings. The van der Waals surface area contributed by atoms with Crippen LogP contribution in [0.1, 0.15) is 48.8 Å². The minimum Gasteiger partial charge on any atom is -0.489 e. The minimum absolute atomic E-state index is 0.138. The summed E-state index contributed by atoms with van der Waals surface area (Å²) in [6.07, 6.45) is 7.13. The summed E-state index contributed by atoms with van der Waals surface area (Å²) in [5, 5.41) is 12.4. The largest absolute Gasteiger partial charge is 0.489 e. The number of aryl methyl sites for hydroxylation is 1. The molecule has 0 aliphatic heterocycles. The van der Waals surface area contributed by atoms with E-state index in [2.05, 4.69) is 24.4 Å². The van der Waals surface area contributed by atoms with Gasteiger partial charge in [-0.2, -0.15) is 5.26 Å². The first kappa shape index (κ1) is 19.7. The molecule has 28 heavy (non-hydrogen) atoms. The number of carbonyl (C=O) groups is 1. The highest BCUT2D eigenvalue weighted by Gasteiger charge is 2.18. The average molecular weight is 374 g/mol. The summed E-state index contributed by atoms with van der Waals surface area (Å²) in [5.41, 5.74) is 3.27. The fourth-order valence-corrected chi connectivity index (χ4v) is 3.45. The topological polar surface area (TPSA) is 62.1 Å². The zero-order valence-electron chi connectivity index (χ0n) is 16.3. The predicted molar refractivity (Wildman–Crippen MR) is 111 cm³/mol. The van der Waals surface area contributed by atoms with E-state index in [1.807, 2.05) is 42.5 Å². The number of benzene rings is 2. The van der Waals surface area contributed by atoms with E-state index in [4.69, 9.17) is 4.74 Å². The quantitative estimate of drug-likeness (QED) is 0.576. The molecule has 1 aliphatic carbocycles. The molecule has 2 aromatic carbocycles. The molecule has 3 rings (SSSR count). The average Bonchev–Trinajstić information content (AvgIpc) is 2.72. The Morgan fingerprint density at radius 3 is 2.61 bits per heavy atom. The van der Waals surface area contributed by atoms with Crippen LogP contribution >= 0.6 is 0 Å². The van der Waals surface area contributed by atoms with Gasteiger partial charge in [-0.1, -0.05) is 61.2 Å². The standard InChI is InChI=1S/C24H26N2O2/c1-18-6-5-7-20(14-18)17-28-23-12-10-19(11-13-23)15-21(16-25)24(27)26-22-8-3-2-4-9-22/h5-7,10-15,22H,2-4,8-9,17H2,1H3,(H,26,27)/b21-15+. The zero-order valence-corrected chi connectivity index (χ0v) is 16.3. The molecule has 4 nitrogen and oxygen atoms in total. The number of rotatable bonds is 6. The number of ether oxygens (including phenoxy) is 1. The fourth-order valence-electron chi connectivity index (χ4n) is 3.45. The van der Waals surface area contributed by atoms with E-state index in [1.54, 1.807) is 6.08 Å². The van der Waals surface area contributed by atoms with E-state index in [1.165, 1.54) is 12.0 Å². The number of carbonyl (C=O) groups excluding carboxylic acids is 1. The van der Waals surface area contributed by atoms with Gasteiger partial charge in [-0.25, -0.2) is 0 Å². The van der Waals surface area contributed by atoms with Gasteiger partial charge in [0, 0.05) is 6.04 Å². The summed E-state index contributed by atoms with van der Waals surface area (Å²) >= 11 is 0. The van der Waals surface area contributed by atoms with E-state index in [-0.39, 0.29) is 17.5 Å². The van der Waals surface area contributed by atoms with Crippen LogP contribution in [0.4, 0.5) is 0 Å². The number of nitrogens with zero attached hydrogens (tertiary/aromatic N) is 1. The summed E-state index contributed by atoms with van der Waals surface area (Å²) in [4.78, 5) is 12.4. The predicted octanol–water partition coefficient (Wildman–Crippen LogP) is 4.93. The smallest absolute Gasteiger partial charge is 0.262 e. The van der Waals surface area contributed by atoms with Crippen molar-refractivity contribution in [3.63, 3.8) is 0 Å². The number of nitriles is 1. The van der Waals surface area contributed by atoms with Crippen molar-refractivity contribution in [1.29, 1.82) is 5.26 Å². The van der Waals surface area contributed by atoms with Crippen LogP contribution in [-0.2, 0) is 11.4 Å². The van der Waals surface area contributed by atoms with Crippen molar-refractivity contribution in [3.05, 3.63) is 70.8 Å². The molecule has 0 atom stereocenters. The molecule has 0 radical (unpaired) electrons. The first-order valence-corrected chi connectivity index (χ1v) is 9.85. The normalized spacial score (nSPS) is 14.9. The second kappa shape index (κ2) is 9.75. The molecule has 0 aromatic heterocycles. The van der Waals surface area contributed by atoms with Crippen LogP contribution in [0.25, 0.3) is 6.08 Å². The minimum atomic E-state index is -0.283. The van der Waals surface area contributed by atoms with Gasteiger partial charge in [-0.15, -0.1) is 0 Å². The second-order valence-corrected chi connectivity index (χ2v) is 7.32. The molecule has 1 N–H and O–H groups in total. The van der Waals surface area contributed by atoms with E-state index >= 15 is 0 Å². The summed E-state index contributed by atoms with van der Waals surface area (Å²) in [5.74, 6) is 0.470. The molecule has 0 saturated heterocycles. The molecule has 1 amide bonds. The molecule has 1 saturated carbocycles. The second-order valence-electron chi connectivity index (χ2n) is 7.32. The maximum atomic E-state index is 12.4. The van der Waals surface area contributed by atoms with E-state index in [9.17, 15) is 10.1 Å². The monoisotopic (exact) mass is 374 g/mol. The zero-order chi connectivity index (χ0) is 19.8. The number of hydrogen-bond acceptors (Lipinski definition) is 3. The van der Waals surface area contributed by atoms with Crippen molar-refractivity contribution in [1.82, 2.24) is 5.32 Å². The lowest BCUT2D eigenvalue weighted by molar-refractivity contribution is -0.117. The maximum Gasteiger partial charge on any atom is 0.262 e. The molecule has 1 aliphatic rings. The Kier molecular flexibility index (Phi) is 6.86. The highest BCUT2D eigenvalue weighted by Crippen LogP contribution is 2.19. The Labute approximate surface area is 166 Å². The van der Waals surface area contributed by atoms with Crippen LogP contribution in [0, 0.1) is 18.3 Å². The van der Waals surface area contributed by atoms with Gasteiger partial charge >= 0.3 is 0 Å². The van der Waals surface area contributed by atoms with E-state index < -0.39 is 0 Å². The number of hydrogen-bond donors (Lipinski definition) is 1. The molecule has 0 heterocycles. The number of amides is 1. The van der Waals surface area contributed by atoms with Gasteiger partial charge in [0.15, 0.2) is 0 Å². The molecular formula is C24H26N2O2. The van der Waals surface area contributed by atoms with Gasteiger partial charge in [-0.05, 0) is 49.1 Å². The van der Waals surface area contributed by atoms with Crippen LogP contribution in [0.5, 0.6) is 5.75 Å². The van der Waals surface area contributed by atoms with Crippen molar-refractivity contribution in [2.24, 2.45) is 0 Å². The van der Waals surface area contributed by atoms with Crippen molar-refractivity contribution in [2.75, 3.05) is 0 Å². The lowest BCUT2D eigenvalue weighted by Gasteiger charge is -2.22. The summed E-state index contributed by atoms with van der Waals surface area (Å²) in [6.45, 7) is 2.56. The Bertz CT molecular complexity index is 872. The molecule has 1 fully saturated rings.